The van der Waals surface area contributed by atoms with Gasteiger partial charge in [-0.05, 0) is 97.6 Å². The normalized spacial score (nSPS) is 12.5. The van der Waals surface area contributed by atoms with Gasteiger partial charge in [0.05, 0.1) is 5.52 Å². The van der Waals surface area contributed by atoms with E-state index in [1.54, 1.807) is 0 Å². The van der Waals surface area contributed by atoms with E-state index in [1.807, 2.05) is 0 Å². The van der Waals surface area contributed by atoms with E-state index in [0.29, 0.717) is 0 Å². The van der Waals surface area contributed by atoms with Gasteiger partial charge in [-0.25, -0.2) is 0 Å². The monoisotopic (exact) mass is 617 g/mol. The van der Waals surface area contributed by atoms with E-state index in [9.17, 15) is 0 Å². The highest BCUT2D eigenvalue weighted by Gasteiger charge is 2.16. The van der Waals surface area contributed by atoms with Crippen LogP contribution in [0, 0.1) is 0 Å². The Morgan fingerprint density at radius 3 is 1.10 bits per heavy atom. The van der Waals surface area contributed by atoms with Crippen molar-refractivity contribution in [3.63, 3.8) is 0 Å². The van der Waals surface area contributed by atoms with E-state index in [4.69, 9.17) is 0 Å². The number of benzene rings is 11. The Balaban J connectivity index is 1.21. The van der Waals surface area contributed by atoms with Crippen LogP contribution in [0.25, 0.3) is 119 Å². The minimum absolute atomic E-state index is 1.18. The maximum absolute atomic E-state index is 3.74. The van der Waals surface area contributed by atoms with Gasteiger partial charge in [-0.2, -0.15) is 0 Å². The summed E-state index contributed by atoms with van der Waals surface area (Å²) in [6.45, 7) is 0. The Hall–Kier alpha value is -6.44. The van der Waals surface area contributed by atoms with Gasteiger partial charge in [0.25, 0.3) is 0 Å². The molecule has 0 aliphatic carbocycles. The molecule has 0 radical (unpaired) electrons. The molecular formula is C48H27N. The van der Waals surface area contributed by atoms with Crippen molar-refractivity contribution in [3.8, 4) is 0 Å². The fraction of sp³-hybridized carbons (Fsp3) is 0. The molecule has 0 fully saturated rings. The molecule has 12 aromatic rings. The predicted molar refractivity (Wildman–Crippen MR) is 213 cm³/mol. The number of fused-ring (bicyclic) bond motifs is 21. The number of H-pyrrole nitrogens is 1. The van der Waals surface area contributed by atoms with E-state index in [0.717, 1.165) is 0 Å². The summed E-state index contributed by atoms with van der Waals surface area (Å²) in [7, 11) is 0. The fourth-order valence-corrected chi connectivity index (χ4v) is 9.15. The summed E-state index contributed by atoms with van der Waals surface area (Å²) in [5.41, 5.74) is 2.39. The van der Waals surface area contributed by atoms with Crippen molar-refractivity contribution in [1.82, 2.24) is 4.98 Å². The molecule has 1 aromatic heterocycles. The summed E-state index contributed by atoms with van der Waals surface area (Å²) >= 11 is 0. The van der Waals surface area contributed by atoms with Gasteiger partial charge < -0.3 is 4.98 Å². The number of rotatable bonds is 0. The van der Waals surface area contributed by atoms with Crippen molar-refractivity contribution in [2.75, 3.05) is 0 Å². The maximum Gasteiger partial charge on any atom is 0.0544 e. The zero-order valence-corrected chi connectivity index (χ0v) is 26.5. The lowest BCUT2D eigenvalue weighted by Crippen LogP contribution is -1.87. The van der Waals surface area contributed by atoms with Crippen molar-refractivity contribution in [2.45, 2.75) is 0 Å². The number of nitrogens with one attached hydrogen (secondary N) is 1. The molecule has 49 heavy (non-hydrogen) atoms. The first kappa shape index (κ1) is 25.6. The van der Waals surface area contributed by atoms with Crippen LogP contribution in [0.2, 0.25) is 0 Å². The predicted octanol–water partition coefficient (Wildman–Crippen LogP) is 13.7. The lowest BCUT2D eigenvalue weighted by molar-refractivity contribution is 1.56. The van der Waals surface area contributed by atoms with E-state index in [2.05, 4.69) is 163 Å². The van der Waals surface area contributed by atoms with Crippen molar-refractivity contribution in [2.24, 2.45) is 0 Å². The quantitative estimate of drug-likeness (QED) is 0.163. The standard InChI is InChI=1S/C48H27N/c1-2-6-32-27(5-1)9-10-28-11-19-35-34(44(28)32)18-12-29-13-21-37-36(45(29)35)20-14-30-15-23-39-38(46(30)37)22-16-31-17-24-42-40(47(31)39)25-26-41-33-7-3-4-8-43(33)49-48(41)42/h1-26,49H. The number of aromatic nitrogens is 1. The van der Waals surface area contributed by atoms with Crippen LogP contribution in [0.4, 0.5) is 0 Å². The van der Waals surface area contributed by atoms with E-state index in [-0.39, 0.29) is 0 Å². The largest absolute Gasteiger partial charge is 0.354 e. The lowest BCUT2D eigenvalue weighted by atomic mass is 9.88. The first-order valence-corrected chi connectivity index (χ1v) is 17.1. The van der Waals surface area contributed by atoms with Crippen molar-refractivity contribution < 1.29 is 0 Å². The molecule has 0 aliphatic heterocycles. The van der Waals surface area contributed by atoms with Crippen LogP contribution < -0.4 is 0 Å². The summed E-state index contributed by atoms with van der Waals surface area (Å²) < 4.78 is 0. The van der Waals surface area contributed by atoms with Crippen molar-refractivity contribution in [1.29, 1.82) is 0 Å². The lowest BCUT2D eigenvalue weighted by Gasteiger charge is -2.15. The Bertz CT molecular complexity index is 3440. The molecule has 1 heterocycles. The molecule has 0 saturated carbocycles. The first-order valence-electron chi connectivity index (χ1n) is 17.1. The van der Waals surface area contributed by atoms with Crippen molar-refractivity contribution >= 4 is 119 Å². The minimum Gasteiger partial charge on any atom is -0.354 e. The van der Waals surface area contributed by atoms with Gasteiger partial charge in [-0.3, -0.25) is 0 Å². The molecule has 0 spiro atoms. The topological polar surface area (TPSA) is 15.8 Å². The van der Waals surface area contributed by atoms with Crippen LogP contribution in [0.3, 0.4) is 0 Å². The third-order valence-corrected chi connectivity index (χ3v) is 11.3. The van der Waals surface area contributed by atoms with Gasteiger partial charge in [0.1, 0.15) is 0 Å². The van der Waals surface area contributed by atoms with Crippen LogP contribution in [0.1, 0.15) is 0 Å². The first-order chi connectivity index (χ1) is 24.3. The number of hydrogen-bond acceptors (Lipinski definition) is 0. The van der Waals surface area contributed by atoms with Gasteiger partial charge in [-0.1, -0.05) is 152 Å². The molecule has 224 valence electrons. The molecule has 1 nitrogen and oxygen atoms in total. The number of para-hydroxylation sites is 1. The number of aromatic amines is 1. The average molecular weight is 618 g/mol. The molecule has 1 heteroatoms. The summed E-state index contributed by atoms with van der Waals surface area (Å²) in [5.74, 6) is 0. The number of hydrogen-bond donors (Lipinski definition) is 1. The second-order valence-corrected chi connectivity index (χ2v) is 13.7. The molecule has 11 aromatic carbocycles. The zero-order valence-electron chi connectivity index (χ0n) is 26.5. The Morgan fingerprint density at radius 2 is 0.551 bits per heavy atom. The molecule has 0 aliphatic rings. The van der Waals surface area contributed by atoms with Gasteiger partial charge in [0.15, 0.2) is 0 Å². The summed E-state index contributed by atoms with van der Waals surface area (Å²) in [4.78, 5) is 3.74. The highest BCUT2D eigenvalue weighted by molar-refractivity contribution is 6.35. The third kappa shape index (κ3) is 3.29. The average Bonchev–Trinajstić information content (AvgIpc) is 3.55. The summed E-state index contributed by atoms with van der Waals surface area (Å²) in [5, 5.41) is 25.9. The molecule has 1 N–H and O–H groups in total. The SMILES string of the molecule is c1ccc2c(c1)ccc1ccc3c(ccc4ccc5c(ccc6ccc7c(ccc8ccc9c(ccc%10c%11ccccc%11[nH]c%109)c87)c65)c43)c12. The molecule has 0 saturated heterocycles. The molecule has 0 unspecified atom stereocenters. The highest BCUT2D eigenvalue weighted by Crippen LogP contribution is 2.43. The minimum atomic E-state index is 1.18. The second kappa shape index (κ2) is 9.13. The van der Waals surface area contributed by atoms with Crippen LogP contribution in [0.15, 0.2) is 158 Å². The van der Waals surface area contributed by atoms with E-state index in [1.165, 1.54) is 119 Å². The second-order valence-electron chi connectivity index (χ2n) is 13.7. The van der Waals surface area contributed by atoms with E-state index >= 15 is 0 Å². The van der Waals surface area contributed by atoms with Crippen LogP contribution in [0.5, 0.6) is 0 Å². The van der Waals surface area contributed by atoms with Gasteiger partial charge >= 0.3 is 0 Å². The van der Waals surface area contributed by atoms with Gasteiger partial charge in [-0.15, -0.1) is 0 Å². The highest BCUT2D eigenvalue weighted by atomic mass is 14.7. The van der Waals surface area contributed by atoms with Crippen LogP contribution in [-0.2, 0) is 0 Å². The smallest absolute Gasteiger partial charge is 0.0544 e. The summed E-state index contributed by atoms with van der Waals surface area (Å²) in [6.07, 6.45) is 0. The molecule has 12 rings (SSSR count). The van der Waals surface area contributed by atoms with E-state index < -0.39 is 0 Å². The Kier molecular flexibility index (Phi) is 4.77. The Labute approximate surface area is 280 Å². The fourth-order valence-electron chi connectivity index (χ4n) is 9.15. The van der Waals surface area contributed by atoms with Gasteiger partial charge in [0.2, 0.25) is 0 Å². The van der Waals surface area contributed by atoms with Crippen LogP contribution >= 0.6 is 0 Å². The maximum atomic E-state index is 3.74. The van der Waals surface area contributed by atoms with Gasteiger partial charge in [0, 0.05) is 21.7 Å². The molecule has 0 atom stereocenters. The zero-order chi connectivity index (χ0) is 31.8. The summed E-state index contributed by atoms with van der Waals surface area (Å²) in [6, 6.07) is 59.1. The Morgan fingerprint density at radius 1 is 0.224 bits per heavy atom. The molecule has 0 amide bonds. The molecular weight excluding hydrogens is 591 g/mol. The van der Waals surface area contributed by atoms with Crippen LogP contribution in [-0.4, -0.2) is 4.98 Å². The van der Waals surface area contributed by atoms with Crippen molar-refractivity contribution in [3.05, 3.63) is 158 Å². The third-order valence-electron chi connectivity index (χ3n) is 11.3. The molecule has 0 bridgehead atoms.